The lowest BCUT2D eigenvalue weighted by molar-refractivity contribution is -0.135. The molecule has 4 heteroatoms. The Hall–Kier alpha value is -0.610. The van der Waals surface area contributed by atoms with Crippen molar-refractivity contribution < 1.29 is 4.79 Å². The fourth-order valence-electron chi connectivity index (χ4n) is 2.89. The van der Waals surface area contributed by atoms with Crippen molar-refractivity contribution in [2.24, 2.45) is 17.1 Å². The zero-order valence-electron chi connectivity index (χ0n) is 11.8. The summed E-state index contributed by atoms with van der Waals surface area (Å²) in [7, 11) is 4.12. The molecule has 2 fully saturated rings. The highest BCUT2D eigenvalue weighted by molar-refractivity contribution is 5.85. The Bertz CT molecular complexity index is 293. The van der Waals surface area contributed by atoms with E-state index in [0.29, 0.717) is 6.54 Å². The third-order valence-corrected chi connectivity index (χ3v) is 4.76. The number of nitrogens with two attached hydrogens (primary N) is 1. The van der Waals surface area contributed by atoms with Crippen LogP contribution in [0.25, 0.3) is 0 Å². The summed E-state index contributed by atoms with van der Waals surface area (Å²) in [6, 6.07) is 0. The summed E-state index contributed by atoms with van der Waals surface area (Å²) in [6.07, 6.45) is 5.68. The van der Waals surface area contributed by atoms with Crippen LogP contribution >= 0.6 is 0 Å². The van der Waals surface area contributed by atoms with Crippen LogP contribution in [0.15, 0.2) is 0 Å². The van der Waals surface area contributed by atoms with Crippen molar-refractivity contribution in [3.63, 3.8) is 0 Å². The summed E-state index contributed by atoms with van der Waals surface area (Å²) in [5.74, 6) is 1.07. The van der Waals surface area contributed by atoms with Crippen LogP contribution < -0.4 is 5.73 Å². The second kappa shape index (κ2) is 5.57. The van der Waals surface area contributed by atoms with Gasteiger partial charge in [-0.3, -0.25) is 4.79 Å². The van der Waals surface area contributed by atoms with Crippen LogP contribution in [0.4, 0.5) is 0 Å². The molecule has 1 saturated carbocycles. The van der Waals surface area contributed by atoms with Crippen molar-refractivity contribution >= 4 is 5.91 Å². The zero-order valence-corrected chi connectivity index (χ0v) is 11.8. The number of amides is 1. The van der Waals surface area contributed by atoms with Gasteiger partial charge in [-0.15, -0.1) is 0 Å². The molecule has 0 bridgehead atoms. The monoisotopic (exact) mass is 253 g/mol. The normalized spacial score (nSPS) is 23.9. The van der Waals surface area contributed by atoms with Crippen LogP contribution in [0.2, 0.25) is 0 Å². The van der Waals surface area contributed by atoms with Crippen LogP contribution in [0.1, 0.15) is 32.1 Å². The summed E-state index contributed by atoms with van der Waals surface area (Å²) >= 11 is 0. The number of piperidine rings is 1. The van der Waals surface area contributed by atoms with Crippen LogP contribution in [0.5, 0.6) is 0 Å². The van der Waals surface area contributed by atoms with E-state index in [9.17, 15) is 4.79 Å². The molecule has 1 heterocycles. The standard InChI is InChI=1S/C14H27N3O/c1-16-8-3-12(4-9-16)5-10-17(2)13(18)14(11-15)6-7-14/h12H,3-11,15H2,1-2H3. The summed E-state index contributed by atoms with van der Waals surface area (Å²) in [5, 5.41) is 0. The Labute approximate surface area is 110 Å². The minimum Gasteiger partial charge on any atom is -0.345 e. The first-order valence-corrected chi connectivity index (χ1v) is 7.21. The van der Waals surface area contributed by atoms with Gasteiger partial charge in [0, 0.05) is 20.1 Å². The zero-order chi connectivity index (χ0) is 13.2. The van der Waals surface area contributed by atoms with Gasteiger partial charge in [-0.05, 0) is 58.2 Å². The quantitative estimate of drug-likeness (QED) is 0.792. The number of hydrogen-bond acceptors (Lipinski definition) is 3. The van der Waals surface area contributed by atoms with Crippen LogP contribution in [-0.4, -0.2) is 56.0 Å². The summed E-state index contributed by atoms with van der Waals surface area (Å²) in [5.41, 5.74) is 5.53. The van der Waals surface area contributed by atoms with Crippen molar-refractivity contribution in [3.05, 3.63) is 0 Å². The first kappa shape index (κ1) is 13.8. The number of carbonyl (C=O) groups is 1. The molecule has 0 aromatic heterocycles. The van der Waals surface area contributed by atoms with Crippen molar-refractivity contribution in [3.8, 4) is 0 Å². The van der Waals surface area contributed by atoms with E-state index in [1.54, 1.807) is 0 Å². The molecule has 1 amide bonds. The van der Waals surface area contributed by atoms with E-state index in [0.717, 1.165) is 31.7 Å². The van der Waals surface area contributed by atoms with E-state index >= 15 is 0 Å². The van der Waals surface area contributed by atoms with Crippen molar-refractivity contribution in [2.45, 2.75) is 32.1 Å². The largest absolute Gasteiger partial charge is 0.345 e. The molecule has 4 nitrogen and oxygen atoms in total. The molecular formula is C14H27N3O. The fraction of sp³-hybridized carbons (Fsp3) is 0.929. The minimum atomic E-state index is -0.179. The van der Waals surface area contributed by atoms with Gasteiger partial charge >= 0.3 is 0 Å². The molecule has 0 spiro atoms. The lowest BCUT2D eigenvalue weighted by atomic mass is 9.93. The first-order valence-electron chi connectivity index (χ1n) is 7.21. The number of nitrogens with zero attached hydrogens (tertiary/aromatic N) is 2. The van der Waals surface area contributed by atoms with Crippen molar-refractivity contribution in [2.75, 3.05) is 40.3 Å². The Morgan fingerprint density at radius 2 is 2.00 bits per heavy atom. The highest BCUT2D eigenvalue weighted by Crippen LogP contribution is 2.45. The molecule has 1 saturated heterocycles. The number of hydrogen-bond donors (Lipinski definition) is 1. The van der Waals surface area contributed by atoms with Crippen molar-refractivity contribution in [1.82, 2.24) is 9.80 Å². The summed E-state index contributed by atoms with van der Waals surface area (Å²) in [6.45, 7) is 3.82. The van der Waals surface area contributed by atoms with Gasteiger partial charge < -0.3 is 15.5 Å². The van der Waals surface area contributed by atoms with E-state index in [4.69, 9.17) is 5.73 Å². The van der Waals surface area contributed by atoms with Gasteiger partial charge in [-0.1, -0.05) is 0 Å². The van der Waals surface area contributed by atoms with Gasteiger partial charge in [-0.25, -0.2) is 0 Å². The predicted octanol–water partition coefficient (Wildman–Crippen LogP) is 0.916. The molecule has 2 rings (SSSR count). The van der Waals surface area contributed by atoms with Gasteiger partial charge in [0.25, 0.3) is 0 Å². The van der Waals surface area contributed by atoms with E-state index in [1.807, 2.05) is 11.9 Å². The molecule has 0 aromatic carbocycles. The Morgan fingerprint density at radius 1 is 1.39 bits per heavy atom. The van der Waals surface area contributed by atoms with Gasteiger partial charge in [-0.2, -0.15) is 0 Å². The maximum Gasteiger partial charge on any atom is 0.229 e. The third-order valence-electron chi connectivity index (χ3n) is 4.76. The molecule has 2 N–H and O–H groups in total. The predicted molar refractivity (Wildman–Crippen MR) is 73.2 cm³/mol. The molecule has 2 aliphatic rings. The second-order valence-corrected chi connectivity index (χ2v) is 6.25. The van der Waals surface area contributed by atoms with E-state index in [1.165, 1.54) is 25.9 Å². The van der Waals surface area contributed by atoms with Gasteiger partial charge in [0.2, 0.25) is 5.91 Å². The minimum absolute atomic E-state index is 0.179. The molecule has 104 valence electrons. The van der Waals surface area contributed by atoms with E-state index in [2.05, 4.69) is 11.9 Å². The molecule has 18 heavy (non-hydrogen) atoms. The summed E-state index contributed by atoms with van der Waals surface area (Å²) in [4.78, 5) is 16.5. The molecule has 1 aliphatic heterocycles. The average Bonchev–Trinajstić information content (AvgIpc) is 3.18. The highest BCUT2D eigenvalue weighted by Gasteiger charge is 2.49. The van der Waals surface area contributed by atoms with Crippen LogP contribution in [0.3, 0.4) is 0 Å². The van der Waals surface area contributed by atoms with Gasteiger partial charge in [0.1, 0.15) is 0 Å². The van der Waals surface area contributed by atoms with Crippen LogP contribution in [0, 0.1) is 11.3 Å². The lowest BCUT2D eigenvalue weighted by Gasteiger charge is -2.30. The molecule has 0 atom stereocenters. The molecule has 1 aliphatic carbocycles. The van der Waals surface area contributed by atoms with E-state index < -0.39 is 0 Å². The number of likely N-dealkylation sites (tertiary alicyclic amines) is 1. The second-order valence-electron chi connectivity index (χ2n) is 6.25. The molecule has 0 radical (unpaired) electrons. The van der Waals surface area contributed by atoms with Crippen LogP contribution in [-0.2, 0) is 4.79 Å². The topological polar surface area (TPSA) is 49.6 Å². The smallest absolute Gasteiger partial charge is 0.229 e. The lowest BCUT2D eigenvalue weighted by Crippen LogP contribution is -2.39. The molecular weight excluding hydrogens is 226 g/mol. The first-order chi connectivity index (χ1) is 8.57. The maximum absolute atomic E-state index is 12.2. The Balaban J connectivity index is 1.71. The SMILES string of the molecule is CN1CCC(CCN(C)C(=O)C2(CN)CC2)CC1. The Morgan fingerprint density at radius 3 is 2.50 bits per heavy atom. The number of rotatable bonds is 5. The number of carbonyl (C=O) groups excluding carboxylic acids is 1. The van der Waals surface area contributed by atoms with Gasteiger partial charge in [0.05, 0.1) is 5.41 Å². The summed E-state index contributed by atoms with van der Waals surface area (Å²) < 4.78 is 0. The fourth-order valence-corrected chi connectivity index (χ4v) is 2.89. The van der Waals surface area contributed by atoms with Crippen molar-refractivity contribution in [1.29, 1.82) is 0 Å². The van der Waals surface area contributed by atoms with E-state index in [-0.39, 0.29) is 11.3 Å². The molecule has 0 aromatic rings. The van der Waals surface area contributed by atoms with Gasteiger partial charge in [0.15, 0.2) is 0 Å². The molecule has 0 unspecified atom stereocenters. The Kier molecular flexibility index (Phi) is 4.28. The highest BCUT2D eigenvalue weighted by atomic mass is 16.2. The third kappa shape index (κ3) is 3.04. The average molecular weight is 253 g/mol. The maximum atomic E-state index is 12.2.